The molecule has 1 saturated heterocycles. The number of nitrogens with one attached hydrogen (secondary N) is 1. The van der Waals surface area contributed by atoms with E-state index in [1.165, 1.54) is 7.05 Å². The van der Waals surface area contributed by atoms with Crippen LogP contribution in [0.1, 0.15) is 11.9 Å². The molecule has 21 heavy (non-hydrogen) atoms. The Bertz CT molecular complexity index is 470. The molecule has 1 aliphatic heterocycles. The van der Waals surface area contributed by atoms with Crippen LogP contribution in [0.15, 0.2) is 30.3 Å². The molecule has 0 atom stereocenters. The molecule has 1 heterocycles. The topological polar surface area (TPSA) is 83.1 Å². The highest BCUT2D eigenvalue weighted by molar-refractivity contribution is 5.75. The standard InChI is InChI=1S/C14H17NO6/c1-15-14(17)20-9-12(16)21-11-7-18-13(19-8-11)10-5-3-2-4-6-10/h2-6,11,13H,7-9H2,1H3,(H,15,17). The van der Waals surface area contributed by atoms with E-state index in [1.807, 2.05) is 30.3 Å². The van der Waals surface area contributed by atoms with Crippen LogP contribution < -0.4 is 5.32 Å². The van der Waals surface area contributed by atoms with Gasteiger partial charge < -0.3 is 24.3 Å². The van der Waals surface area contributed by atoms with Gasteiger partial charge in [0, 0.05) is 12.6 Å². The molecule has 1 amide bonds. The lowest BCUT2D eigenvalue weighted by Crippen LogP contribution is -2.36. The SMILES string of the molecule is CNC(=O)OCC(=O)OC1COC(c2ccccc2)OC1. The first-order chi connectivity index (χ1) is 10.2. The summed E-state index contributed by atoms with van der Waals surface area (Å²) < 4.78 is 20.7. The largest absolute Gasteiger partial charge is 0.455 e. The van der Waals surface area contributed by atoms with Crippen LogP contribution in [0.2, 0.25) is 0 Å². The molecule has 1 aromatic carbocycles. The zero-order valence-corrected chi connectivity index (χ0v) is 11.6. The van der Waals surface area contributed by atoms with Crippen LogP contribution in [0.25, 0.3) is 0 Å². The lowest BCUT2D eigenvalue weighted by molar-refractivity contribution is -0.230. The van der Waals surface area contributed by atoms with Crippen LogP contribution >= 0.6 is 0 Å². The number of ether oxygens (including phenoxy) is 4. The van der Waals surface area contributed by atoms with Crippen molar-refractivity contribution in [2.45, 2.75) is 12.4 Å². The molecule has 0 aliphatic carbocycles. The van der Waals surface area contributed by atoms with Gasteiger partial charge in [0.2, 0.25) is 0 Å². The van der Waals surface area contributed by atoms with Crippen molar-refractivity contribution in [3.63, 3.8) is 0 Å². The molecule has 114 valence electrons. The maximum absolute atomic E-state index is 11.4. The minimum Gasteiger partial charge on any atom is -0.455 e. The smallest absolute Gasteiger partial charge is 0.407 e. The van der Waals surface area contributed by atoms with Gasteiger partial charge in [-0.25, -0.2) is 9.59 Å². The van der Waals surface area contributed by atoms with Crippen LogP contribution in [-0.2, 0) is 23.7 Å². The summed E-state index contributed by atoms with van der Waals surface area (Å²) in [5.74, 6) is -0.644. The van der Waals surface area contributed by atoms with Crippen LogP contribution in [0.4, 0.5) is 4.79 Å². The number of hydrogen-bond acceptors (Lipinski definition) is 6. The first-order valence-electron chi connectivity index (χ1n) is 6.51. The molecule has 0 aromatic heterocycles. The minimum atomic E-state index is -0.688. The van der Waals surface area contributed by atoms with E-state index in [4.69, 9.17) is 14.2 Å². The highest BCUT2D eigenvalue weighted by Gasteiger charge is 2.26. The van der Waals surface area contributed by atoms with Gasteiger partial charge >= 0.3 is 12.1 Å². The zero-order valence-electron chi connectivity index (χ0n) is 11.6. The van der Waals surface area contributed by atoms with Gasteiger partial charge in [-0.15, -0.1) is 0 Å². The maximum Gasteiger partial charge on any atom is 0.407 e. The van der Waals surface area contributed by atoms with Crippen molar-refractivity contribution in [3.8, 4) is 0 Å². The van der Waals surface area contributed by atoms with Gasteiger partial charge in [0.25, 0.3) is 0 Å². The summed E-state index contributed by atoms with van der Waals surface area (Å²) >= 11 is 0. The molecule has 7 nitrogen and oxygen atoms in total. The Hall–Kier alpha value is -2.12. The highest BCUT2D eigenvalue weighted by atomic mass is 16.7. The molecular weight excluding hydrogens is 278 g/mol. The molecule has 1 N–H and O–H groups in total. The number of carbonyl (C=O) groups excluding carboxylic acids is 2. The summed E-state index contributed by atoms with van der Waals surface area (Å²) in [7, 11) is 1.40. The number of carbonyl (C=O) groups is 2. The lowest BCUT2D eigenvalue weighted by Gasteiger charge is -2.29. The molecule has 1 fully saturated rings. The number of alkyl carbamates (subject to hydrolysis) is 1. The maximum atomic E-state index is 11.4. The Balaban J connectivity index is 1.72. The molecule has 2 rings (SSSR count). The molecule has 0 saturated carbocycles. The molecule has 1 aliphatic rings. The van der Waals surface area contributed by atoms with Crippen LogP contribution in [0, 0.1) is 0 Å². The average molecular weight is 295 g/mol. The second-order valence-corrected chi connectivity index (χ2v) is 4.35. The quantitative estimate of drug-likeness (QED) is 0.834. The van der Waals surface area contributed by atoms with Crippen molar-refractivity contribution in [1.82, 2.24) is 5.32 Å². The van der Waals surface area contributed by atoms with Crippen molar-refractivity contribution >= 4 is 12.1 Å². The molecule has 0 radical (unpaired) electrons. The summed E-state index contributed by atoms with van der Waals surface area (Å²) in [6.45, 7) is 0.00877. The highest BCUT2D eigenvalue weighted by Crippen LogP contribution is 2.23. The van der Waals surface area contributed by atoms with E-state index >= 15 is 0 Å². The number of esters is 1. The molecule has 0 unspecified atom stereocenters. The number of amides is 1. The first-order valence-corrected chi connectivity index (χ1v) is 6.51. The van der Waals surface area contributed by atoms with E-state index < -0.39 is 31.1 Å². The van der Waals surface area contributed by atoms with Gasteiger partial charge in [-0.1, -0.05) is 30.3 Å². The molecule has 0 spiro atoms. The molecule has 0 bridgehead atoms. The summed E-state index contributed by atoms with van der Waals surface area (Å²) in [4.78, 5) is 22.3. The van der Waals surface area contributed by atoms with Crippen LogP contribution in [0.3, 0.4) is 0 Å². The zero-order chi connectivity index (χ0) is 15.1. The van der Waals surface area contributed by atoms with E-state index in [0.29, 0.717) is 0 Å². The molecule has 7 heteroatoms. The second-order valence-electron chi connectivity index (χ2n) is 4.35. The van der Waals surface area contributed by atoms with Crippen molar-refractivity contribution in [2.75, 3.05) is 26.9 Å². The third-order valence-electron chi connectivity index (χ3n) is 2.76. The fraction of sp³-hybridized carbons (Fsp3) is 0.429. The third kappa shape index (κ3) is 4.73. The van der Waals surface area contributed by atoms with Gasteiger partial charge in [0.1, 0.15) is 6.10 Å². The second kappa shape index (κ2) is 7.61. The Kier molecular flexibility index (Phi) is 5.53. The summed E-state index contributed by atoms with van der Waals surface area (Å²) in [6, 6.07) is 9.49. The Labute approximate surface area is 122 Å². The Morgan fingerprint density at radius 2 is 1.90 bits per heavy atom. The summed E-state index contributed by atoms with van der Waals surface area (Å²) in [5, 5.41) is 2.23. The molecular formula is C14H17NO6. The third-order valence-corrected chi connectivity index (χ3v) is 2.76. The van der Waals surface area contributed by atoms with E-state index in [1.54, 1.807) is 0 Å². The van der Waals surface area contributed by atoms with E-state index in [0.717, 1.165) is 5.56 Å². The van der Waals surface area contributed by atoms with Crippen LogP contribution in [0.5, 0.6) is 0 Å². The normalized spacial score (nSPS) is 21.4. The van der Waals surface area contributed by atoms with Crippen LogP contribution in [-0.4, -0.2) is 45.0 Å². The predicted molar refractivity (Wildman–Crippen MR) is 71.4 cm³/mol. The lowest BCUT2D eigenvalue weighted by atomic mass is 10.2. The number of rotatable bonds is 4. The molecule has 1 aromatic rings. The fourth-order valence-electron chi connectivity index (χ4n) is 1.77. The summed E-state index contributed by atoms with van der Waals surface area (Å²) in [6.07, 6.45) is -1.65. The Morgan fingerprint density at radius 3 is 2.52 bits per heavy atom. The summed E-state index contributed by atoms with van der Waals surface area (Å²) in [5.41, 5.74) is 0.908. The van der Waals surface area contributed by atoms with Gasteiger partial charge in [0.15, 0.2) is 12.9 Å². The Morgan fingerprint density at radius 1 is 1.24 bits per heavy atom. The van der Waals surface area contributed by atoms with Gasteiger partial charge in [0.05, 0.1) is 13.2 Å². The number of benzene rings is 1. The predicted octanol–water partition coefficient (Wildman–Crippen LogP) is 1.000. The average Bonchev–Trinajstić information content (AvgIpc) is 2.54. The monoisotopic (exact) mass is 295 g/mol. The van der Waals surface area contributed by atoms with Gasteiger partial charge in [-0.05, 0) is 0 Å². The fourth-order valence-corrected chi connectivity index (χ4v) is 1.77. The van der Waals surface area contributed by atoms with Crippen molar-refractivity contribution < 1.29 is 28.5 Å². The van der Waals surface area contributed by atoms with E-state index in [-0.39, 0.29) is 13.2 Å². The number of hydrogen-bond donors (Lipinski definition) is 1. The first kappa shape index (κ1) is 15.3. The van der Waals surface area contributed by atoms with Crippen molar-refractivity contribution in [2.24, 2.45) is 0 Å². The minimum absolute atomic E-state index is 0.227. The van der Waals surface area contributed by atoms with E-state index in [9.17, 15) is 9.59 Å². The van der Waals surface area contributed by atoms with Gasteiger partial charge in [-0.3, -0.25) is 0 Å². The van der Waals surface area contributed by atoms with Crippen molar-refractivity contribution in [1.29, 1.82) is 0 Å². The van der Waals surface area contributed by atoms with Crippen molar-refractivity contribution in [3.05, 3.63) is 35.9 Å². The van der Waals surface area contributed by atoms with E-state index in [2.05, 4.69) is 10.1 Å². The van der Waals surface area contributed by atoms with Gasteiger partial charge in [-0.2, -0.15) is 0 Å².